The lowest BCUT2D eigenvalue weighted by Gasteiger charge is -2.16. The number of benzene rings is 1. The lowest BCUT2D eigenvalue weighted by molar-refractivity contribution is 0.322. The van der Waals surface area contributed by atoms with Gasteiger partial charge >= 0.3 is 0 Å². The predicted octanol–water partition coefficient (Wildman–Crippen LogP) is 1.69. The Hall–Kier alpha value is -0.700. The van der Waals surface area contributed by atoms with Gasteiger partial charge in [0.25, 0.3) is 0 Å². The van der Waals surface area contributed by atoms with Crippen molar-refractivity contribution in [2.75, 3.05) is 18.8 Å². The van der Waals surface area contributed by atoms with Crippen LogP contribution in [0.3, 0.4) is 0 Å². The number of halogens is 2. The normalized spacial score (nSPS) is 23.6. The van der Waals surface area contributed by atoms with Crippen molar-refractivity contribution in [3.63, 3.8) is 0 Å². The predicted molar refractivity (Wildman–Crippen MR) is 81.8 cm³/mol. The number of hydrogen-bond acceptors (Lipinski definition) is 4. The topological polar surface area (TPSA) is 75.4 Å². The monoisotopic (exact) mass is 377 g/mol. The van der Waals surface area contributed by atoms with Gasteiger partial charge in [-0.3, -0.25) is 4.90 Å². The molecule has 1 aromatic rings. The number of sulfonamides is 1. The summed E-state index contributed by atoms with van der Waals surface area (Å²) in [5, 5.41) is 0. The van der Waals surface area contributed by atoms with Gasteiger partial charge in [0.05, 0.1) is 10.2 Å². The highest BCUT2D eigenvalue weighted by atomic mass is 79.9. The molecule has 116 valence electrons. The van der Waals surface area contributed by atoms with E-state index in [1.54, 1.807) is 0 Å². The Morgan fingerprint density at radius 3 is 2.71 bits per heavy atom. The molecule has 1 saturated carbocycles. The molecule has 0 bridgehead atoms. The summed E-state index contributed by atoms with van der Waals surface area (Å²) >= 11 is 2.99. The summed E-state index contributed by atoms with van der Waals surface area (Å²) < 4.78 is 40.9. The maximum atomic E-state index is 13.4. The van der Waals surface area contributed by atoms with Gasteiger partial charge < -0.3 is 5.73 Å². The van der Waals surface area contributed by atoms with Crippen LogP contribution in [0.2, 0.25) is 0 Å². The highest BCUT2D eigenvalue weighted by Crippen LogP contribution is 2.31. The van der Waals surface area contributed by atoms with E-state index in [1.807, 2.05) is 0 Å². The van der Waals surface area contributed by atoms with E-state index in [1.165, 1.54) is 18.9 Å². The van der Waals surface area contributed by atoms with Crippen LogP contribution in [0.4, 0.5) is 10.1 Å². The molecule has 3 N–H and O–H groups in total. The lowest BCUT2D eigenvalue weighted by atomic mass is 10.3. The van der Waals surface area contributed by atoms with Gasteiger partial charge in [-0.1, -0.05) is 0 Å². The summed E-state index contributed by atoms with van der Waals surface area (Å²) in [5.41, 5.74) is 5.56. The fourth-order valence-corrected chi connectivity index (χ4v) is 4.61. The molecule has 8 heteroatoms. The SMILES string of the molecule is Nc1cc(F)c(Br)cc1S(=O)(=O)NC1CCN(C2CC2)C1. The Bertz CT molecular complexity index is 664. The first-order chi connectivity index (χ1) is 9.87. The van der Waals surface area contributed by atoms with E-state index >= 15 is 0 Å². The number of likely N-dealkylation sites (tertiary alicyclic amines) is 1. The summed E-state index contributed by atoms with van der Waals surface area (Å²) in [6.07, 6.45) is 3.20. The summed E-state index contributed by atoms with van der Waals surface area (Å²) in [6.45, 7) is 1.65. The van der Waals surface area contributed by atoms with Gasteiger partial charge in [-0.15, -0.1) is 0 Å². The molecule has 1 saturated heterocycles. The summed E-state index contributed by atoms with van der Waals surface area (Å²) in [5.74, 6) is -0.577. The average molecular weight is 378 g/mol. The lowest BCUT2D eigenvalue weighted by Crippen LogP contribution is -2.37. The molecule has 0 spiro atoms. The second-order valence-electron chi connectivity index (χ2n) is 5.64. The van der Waals surface area contributed by atoms with Gasteiger partial charge in [-0.25, -0.2) is 17.5 Å². The zero-order chi connectivity index (χ0) is 15.2. The minimum absolute atomic E-state index is 0.0827. The van der Waals surface area contributed by atoms with Crippen molar-refractivity contribution >= 4 is 31.6 Å². The molecule has 1 heterocycles. The molecule has 2 fully saturated rings. The molecule has 0 amide bonds. The second kappa shape index (κ2) is 5.49. The number of nitrogens with zero attached hydrogens (tertiary/aromatic N) is 1. The summed E-state index contributed by atoms with van der Waals surface area (Å²) in [6, 6.07) is 2.74. The van der Waals surface area contributed by atoms with E-state index in [2.05, 4.69) is 25.6 Å². The Balaban J connectivity index is 1.76. The van der Waals surface area contributed by atoms with E-state index in [0.717, 1.165) is 25.6 Å². The maximum Gasteiger partial charge on any atom is 0.242 e. The minimum Gasteiger partial charge on any atom is -0.398 e. The van der Waals surface area contributed by atoms with Crippen LogP contribution in [-0.2, 0) is 10.0 Å². The molecular formula is C13H17BrFN3O2S. The largest absolute Gasteiger partial charge is 0.398 e. The first-order valence-electron chi connectivity index (χ1n) is 6.88. The van der Waals surface area contributed by atoms with Gasteiger partial charge in [-0.05, 0) is 47.3 Å². The van der Waals surface area contributed by atoms with Crippen molar-refractivity contribution in [2.24, 2.45) is 0 Å². The highest BCUT2D eigenvalue weighted by Gasteiger charge is 2.36. The molecule has 21 heavy (non-hydrogen) atoms. The van der Waals surface area contributed by atoms with Gasteiger partial charge in [0, 0.05) is 25.2 Å². The molecule has 1 aromatic carbocycles. The van der Waals surface area contributed by atoms with Gasteiger partial charge in [0.2, 0.25) is 10.0 Å². The van der Waals surface area contributed by atoms with E-state index in [9.17, 15) is 12.8 Å². The van der Waals surface area contributed by atoms with Crippen molar-refractivity contribution in [1.82, 2.24) is 9.62 Å². The quantitative estimate of drug-likeness (QED) is 0.782. The van der Waals surface area contributed by atoms with E-state index in [-0.39, 0.29) is 21.1 Å². The van der Waals surface area contributed by atoms with E-state index in [4.69, 9.17) is 5.73 Å². The Labute approximate surface area is 131 Å². The second-order valence-corrected chi connectivity index (χ2v) is 8.17. The Morgan fingerprint density at radius 2 is 2.05 bits per heavy atom. The van der Waals surface area contributed by atoms with Crippen molar-refractivity contribution in [2.45, 2.75) is 36.2 Å². The number of nitrogens with two attached hydrogens (primary N) is 1. The zero-order valence-electron chi connectivity index (χ0n) is 11.4. The van der Waals surface area contributed by atoms with Gasteiger partial charge in [-0.2, -0.15) is 0 Å². The first-order valence-corrected chi connectivity index (χ1v) is 9.15. The van der Waals surface area contributed by atoms with Crippen LogP contribution in [0.25, 0.3) is 0 Å². The van der Waals surface area contributed by atoms with Crippen molar-refractivity contribution < 1.29 is 12.8 Å². The third-order valence-electron chi connectivity index (χ3n) is 3.95. The smallest absolute Gasteiger partial charge is 0.242 e. The molecule has 2 aliphatic rings. The molecular weight excluding hydrogens is 361 g/mol. The Morgan fingerprint density at radius 1 is 1.33 bits per heavy atom. The number of anilines is 1. The number of hydrogen-bond donors (Lipinski definition) is 2. The van der Waals surface area contributed by atoms with E-state index in [0.29, 0.717) is 6.04 Å². The van der Waals surface area contributed by atoms with Crippen molar-refractivity contribution in [3.8, 4) is 0 Å². The van der Waals surface area contributed by atoms with Gasteiger partial charge in [0.15, 0.2) is 0 Å². The average Bonchev–Trinajstić information content (AvgIpc) is 3.15. The molecule has 3 rings (SSSR count). The van der Waals surface area contributed by atoms with Crippen LogP contribution < -0.4 is 10.5 Å². The third-order valence-corrected chi connectivity index (χ3v) is 6.13. The van der Waals surface area contributed by atoms with Crippen LogP contribution in [0.1, 0.15) is 19.3 Å². The van der Waals surface area contributed by atoms with E-state index < -0.39 is 15.8 Å². The Kier molecular flexibility index (Phi) is 3.98. The molecule has 0 radical (unpaired) electrons. The summed E-state index contributed by atoms with van der Waals surface area (Å²) in [7, 11) is -3.74. The highest BCUT2D eigenvalue weighted by molar-refractivity contribution is 9.10. The maximum absolute atomic E-state index is 13.4. The minimum atomic E-state index is -3.74. The van der Waals surface area contributed by atoms with Gasteiger partial charge in [0.1, 0.15) is 10.7 Å². The number of rotatable bonds is 4. The van der Waals surface area contributed by atoms with Crippen LogP contribution in [0, 0.1) is 5.82 Å². The van der Waals surface area contributed by atoms with Crippen molar-refractivity contribution in [3.05, 3.63) is 22.4 Å². The zero-order valence-corrected chi connectivity index (χ0v) is 13.8. The molecule has 1 unspecified atom stereocenters. The molecule has 1 aliphatic carbocycles. The molecule has 1 aliphatic heterocycles. The van der Waals surface area contributed by atoms with Crippen molar-refractivity contribution in [1.29, 1.82) is 0 Å². The van der Waals surface area contributed by atoms with Crippen LogP contribution in [0.5, 0.6) is 0 Å². The molecule has 0 aromatic heterocycles. The number of nitrogen functional groups attached to an aromatic ring is 1. The fourth-order valence-electron chi connectivity index (χ4n) is 2.71. The summed E-state index contributed by atoms with van der Waals surface area (Å²) in [4.78, 5) is 2.23. The molecule has 5 nitrogen and oxygen atoms in total. The van der Waals surface area contributed by atoms with Crippen LogP contribution in [-0.4, -0.2) is 38.5 Å². The molecule has 1 atom stereocenters. The third kappa shape index (κ3) is 3.23. The number of nitrogens with one attached hydrogen (secondary N) is 1. The van der Waals surface area contributed by atoms with Crippen LogP contribution in [0.15, 0.2) is 21.5 Å². The van der Waals surface area contributed by atoms with Crippen LogP contribution >= 0.6 is 15.9 Å². The standard InChI is InChI=1S/C13H17BrFN3O2S/c14-10-5-13(12(16)6-11(10)15)21(19,20)17-8-3-4-18(7-8)9-1-2-9/h5-6,8-9,17H,1-4,7,16H2. The first kappa shape index (κ1) is 15.2. The fraction of sp³-hybridized carbons (Fsp3) is 0.538.